The molecule has 1 N–H and O–H groups in total. The maximum atomic E-state index is 12.0. The van der Waals surface area contributed by atoms with Crippen LogP contribution in [0.4, 0.5) is 0 Å². The molecular formula is C16H25NO3S. The van der Waals surface area contributed by atoms with Crippen LogP contribution in [0.25, 0.3) is 0 Å². The summed E-state index contributed by atoms with van der Waals surface area (Å²) >= 11 is 0. The summed E-state index contributed by atoms with van der Waals surface area (Å²) in [7, 11) is -3.23. The van der Waals surface area contributed by atoms with E-state index >= 15 is 0 Å². The molecule has 1 aliphatic rings. The van der Waals surface area contributed by atoms with Crippen molar-refractivity contribution < 1.29 is 13.5 Å². The number of hydrogen-bond acceptors (Lipinski definition) is 4. The van der Waals surface area contributed by atoms with Gasteiger partial charge in [-0.05, 0) is 43.5 Å². The van der Waals surface area contributed by atoms with Crippen molar-refractivity contribution in [2.45, 2.75) is 43.6 Å². The molecule has 1 aliphatic heterocycles. The molecule has 0 aliphatic carbocycles. The molecule has 0 unspecified atom stereocenters. The minimum absolute atomic E-state index is 0.0825. The van der Waals surface area contributed by atoms with Gasteiger partial charge in [-0.2, -0.15) is 0 Å². The molecule has 0 spiro atoms. The highest BCUT2D eigenvalue weighted by Crippen LogP contribution is 2.33. The van der Waals surface area contributed by atoms with E-state index in [1.165, 1.54) is 0 Å². The molecule has 1 saturated heterocycles. The number of benzene rings is 1. The predicted molar refractivity (Wildman–Crippen MR) is 84.0 cm³/mol. The summed E-state index contributed by atoms with van der Waals surface area (Å²) < 4.78 is 24.0. The van der Waals surface area contributed by atoms with Crippen LogP contribution in [0.3, 0.4) is 0 Å². The molecule has 0 saturated carbocycles. The number of piperidine rings is 1. The lowest BCUT2D eigenvalue weighted by atomic mass is 9.84. The quantitative estimate of drug-likeness (QED) is 0.905. The fourth-order valence-electron chi connectivity index (χ4n) is 2.90. The van der Waals surface area contributed by atoms with Gasteiger partial charge in [0.05, 0.1) is 16.2 Å². The van der Waals surface area contributed by atoms with E-state index in [4.69, 9.17) is 0 Å². The average Bonchev–Trinajstić information content (AvgIpc) is 2.50. The van der Waals surface area contributed by atoms with E-state index in [1.54, 1.807) is 25.1 Å². The topological polar surface area (TPSA) is 57.6 Å². The molecule has 0 radical (unpaired) electrons. The first kappa shape index (κ1) is 16.5. The second kappa shape index (κ2) is 6.46. The first-order chi connectivity index (χ1) is 9.91. The Morgan fingerprint density at radius 1 is 1.24 bits per heavy atom. The van der Waals surface area contributed by atoms with E-state index in [1.807, 2.05) is 6.07 Å². The average molecular weight is 311 g/mol. The van der Waals surface area contributed by atoms with E-state index in [0.29, 0.717) is 17.7 Å². The molecule has 0 bridgehead atoms. The van der Waals surface area contributed by atoms with Crippen molar-refractivity contribution in [1.29, 1.82) is 0 Å². The van der Waals surface area contributed by atoms with Crippen molar-refractivity contribution in [2.24, 2.45) is 0 Å². The van der Waals surface area contributed by atoms with Gasteiger partial charge in [0, 0.05) is 13.1 Å². The van der Waals surface area contributed by atoms with Crippen LogP contribution in [0.5, 0.6) is 0 Å². The molecule has 118 valence electrons. The second-order valence-corrected chi connectivity index (χ2v) is 8.08. The van der Waals surface area contributed by atoms with Crippen molar-refractivity contribution >= 4 is 9.84 Å². The van der Waals surface area contributed by atoms with Crippen molar-refractivity contribution in [3.05, 3.63) is 29.8 Å². The summed E-state index contributed by atoms with van der Waals surface area (Å²) in [4.78, 5) is 2.66. The van der Waals surface area contributed by atoms with Crippen molar-refractivity contribution in [3.8, 4) is 0 Å². The first-order valence-corrected chi connectivity index (χ1v) is 9.34. The van der Waals surface area contributed by atoms with Crippen LogP contribution in [0.15, 0.2) is 29.2 Å². The van der Waals surface area contributed by atoms with Gasteiger partial charge in [-0.15, -0.1) is 0 Å². The molecule has 1 fully saturated rings. The Morgan fingerprint density at radius 3 is 2.48 bits per heavy atom. The molecule has 1 aromatic carbocycles. The maximum Gasteiger partial charge on any atom is 0.178 e. The van der Waals surface area contributed by atoms with Gasteiger partial charge < -0.3 is 10.0 Å². The molecule has 4 nitrogen and oxygen atoms in total. The Kier molecular flexibility index (Phi) is 5.07. The van der Waals surface area contributed by atoms with Crippen LogP contribution in [0, 0.1) is 0 Å². The third kappa shape index (κ3) is 3.65. The van der Waals surface area contributed by atoms with Gasteiger partial charge in [-0.25, -0.2) is 8.42 Å². The lowest BCUT2D eigenvalue weighted by Gasteiger charge is -2.38. The van der Waals surface area contributed by atoms with E-state index < -0.39 is 15.4 Å². The van der Waals surface area contributed by atoms with Crippen molar-refractivity contribution in [1.82, 2.24) is 4.90 Å². The lowest BCUT2D eigenvalue weighted by Crippen LogP contribution is -2.42. The van der Waals surface area contributed by atoms with Crippen LogP contribution in [-0.2, 0) is 15.4 Å². The van der Waals surface area contributed by atoms with Gasteiger partial charge >= 0.3 is 0 Å². The maximum absolute atomic E-state index is 12.0. The molecule has 1 heterocycles. The fraction of sp³-hybridized carbons (Fsp3) is 0.625. The monoisotopic (exact) mass is 311 g/mol. The Balaban J connectivity index is 2.21. The normalized spacial score (nSPS) is 19.6. The van der Waals surface area contributed by atoms with Crippen LogP contribution in [0.1, 0.15) is 38.7 Å². The molecule has 1 aromatic rings. The summed E-state index contributed by atoms with van der Waals surface area (Å²) in [5.41, 5.74) is -0.170. The van der Waals surface area contributed by atoms with Gasteiger partial charge in [0.15, 0.2) is 9.84 Å². The predicted octanol–water partition coefficient (Wildman–Crippen LogP) is 2.17. The summed E-state index contributed by atoms with van der Waals surface area (Å²) in [6.07, 6.45) is 2.42. The second-order valence-electron chi connectivity index (χ2n) is 5.80. The molecule has 21 heavy (non-hydrogen) atoms. The largest absolute Gasteiger partial charge is 0.385 e. The van der Waals surface area contributed by atoms with Crippen molar-refractivity contribution in [3.63, 3.8) is 0 Å². The van der Waals surface area contributed by atoms with E-state index in [0.717, 1.165) is 31.6 Å². The van der Waals surface area contributed by atoms with Crippen LogP contribution in [-0.4, -0.2) is 43.8 Å². The summed E-state index contributed by atoms with van der Waals surface area (Å²) in [5.74, 6) is 0.0825. The molecular weight excluding hydrogens is 286 g/mol. The Labute approximate surface area is 127 Å². The zero-order valence-electron chi connectivity index (χ0n) is 12.9. The number of nitrogens with zero attached hydrogens (tertiary/aromatic N) is 1. The molecule has 0 amide bonds. The highest BCUT2D eigenvalue weighted by atomic mass is 32.2. The van der Waals surface area contributed by atoms with Gasteiger partial charge in [-0.1, -0.05) is 26.0 Å². The van der Waals surface area contributed by atoms with Gasteiger partial charge in [0.25, 0.3) is 0 Å². The SMILES string of the molecule is CCCN1CCC(O)(c2cccc(S(=O)(=O)CC)c2)CC1. The third-order valence-electron chi connectivity index (χ3n) is 4.33. The van der Waals surface area contributed by atoms with Crippen LogP contribution in [0.2, 0.25) is 0 Å². The number of sulfone groups is 1. The first-order valence-electron chi connectivity index (χ1n) is 7.69. The molecule has 0 atom stereocenters. The lowest BCUT2D eigenvalue weighted by molar-refractivity contribution is -0.0259. The molecule has 5 heteroatoms. The Bertz CT molecular complexity index is 575. The minimum Gasteiger partial charge on any atom is -0.385 e. The summed E-state index contributed by atoms with van der Waals surface area (Å²) in [6.45, 7) is 6.56. The zero-order valence-corrected chi connectivity index (χ0v) is 13.7. The van der Waals surface area contributed by atoms with Crippen LogP contribution < -0.4 is 0 Å². The molecule has 0 aromatic heterocycles. The summed E-state index contributed by atoms with van der Waals surface area (Å²) in [6, 6.07) is 6.82. The van der Waals surface area contributed by atoms with E-state index in [9.17, 15) is 13.5 Å². The standard InChI is InChI=1S/C16H25NO3S/c1-3-10-17-11-8-16(18,9-12-17)14-6-5-7-15(13-14)21(19,20)4-2/h5-7,13,18H,3-4,8-12H2,1-2H3. The Morgan fingerprint density at radius 2 is 1.90 bits per heavy atom. The highest BCUT2D eigenvalue weighted by Gasteiger charge is 2.34. The number of rotatable bonds is 5. The smallest absolute Gasteiger partial charge is 0.178 e. The Hall–Kier alpha value is -0.910. The fourth-order valence-corrected chi connectivity index (χ4v) is 3.82. The van der Waals surface area contributed by atoms with Gasteiger partial charge in [-0.3, -0.25) is 0 Å². The number of hydrogen-bond donors (Lipinski definition) is 1. The van der Waals surface area contributed by atoms with Crippen molar-refractivity contribution in [2.75, 3.05) is 25.4 Å². The minimum atomic E-state index is -3.23. The summed E-state index contributed by atoms with van der Waals surface area (Å²) in [5, 5.41) is 10.9. The third-order valence-corrected chi connectivity index (χ3v) is 6.07. The molecule has 2 rings (SSSR count). The van der Waals surface area contributed by atoms with E-state index in [2.05, 4.69) is 11.8 Å². The van der Waals surface area contributed by atoms with Gasteiger partial charge in [0.2, 0.25) is 0 Å². The number of aliphatic hydroxyl groups is 1. The zero-order chi connectivity index (χ0) is 15.5. The van der Waals surface area contributed by atoms with Gasteiger partial charge in [0.1, 0.15) is 0 Å². The highest BCUT2D eigenvalue weighted by molar-refractivity contribution is 7.91. The van der Waals surface area contributed by atoms with E-state index in [-0.39, 0.29) is 5.75 Å². The number of likely N-dealkylation sites (tertiary alicyclic amines) is 1. The van der Waals surface area contributed by atoms with Crippen LogP contribution >= 0.6 is 0 Å².